The quantitative estimate of drug-likeness (QED) is 0.666. The third-order valence-electron chi connectivity index (χ3n) is 3.60. The Hall–Kier alpha value is -1.10. The zero-order valence-corrected chi connectivity index (χ0v) is 13.1. The van der Waals surface area contributed by atoms with E-state index in [1.54, 1.807) is 7.11 Å². The van der Waals surface area contributed by atoms with Gasteiger partial charge in [0.25, 0.3) is 0 Å². The SMILES string of the molecule is CCN(CC)CCN(CCOC)Cc1cccc(N)c1. The highest BCUT2D eigenvalue weighted by atomic mass is 16.5. The highest BCUT2D eigenvalue weighted by molar-refractivity contribution is 5.40. The van der Waals surface area contributed by atoms with Crippen molar-refractivity contribution in [3.63, 3.8) is 0 Å². The van der Waals surface area contributed by atoms with Crippen molar-refractivity contribution in [3.8, 4) is 0 Å². The maximum atomic E-state index is 5.85. The molecule has 114 valence electrons. The number of methoxy groups -OCH3 is 1. The Balaban J connectivity index is 2.54. The Bertz CT molecular complexity index is 366. The van der Waals surface area contributed by atoms with E-state index in [4.69, 9.17) is 10.5 Å². The lowest BCUT2D eigenvalue weighted by molar-refractivity contribution is 0.133. The number of ether oxygens (including phenoxy) is 1. The first-order valence-electron chi connectivity index (χ1n) is 7.47. The standard InChI is InChI=1S/C16H29N3O/c1-4-18(5-2)9-10-19(11-12-20-3)14-15-7-6-8-16(17)13-15/h6-8,13H,4-5,9-12,14,17H2,1-3H3. The number of anilines is 1. The lowest BCUT2D eigenvalue weighted by atomic mass is 10.2. The molecule has 4 heteroatoms. The van der Waals surface area contributed by atoms with Crippen LogP contribution in [-0.4, -0.2) is 56.2 Å². The molecule has 0 atom stereocenters. The molecule has 0 unspecified atom stereocenters. The molecule has 0 bridgehead atoms. The number of benzene rings is 1. The van der Waals surface area contributed by atoms with Crippen LogP contribution in [0.25, 0.3) is 0 Å². The normalized spacial score (nSPS) is 11.4. The van der Waals surface area contributed by atoms with Crippen LogP contribution in [-0.2, 0) is 11.3 Å². The summed E-state index contributed by atoms with van der Waals surface area (Å²) in [6, 6.07) is 8.13. The molecule has 2 N–H and O–H groups in total. The molecule has 1 aromatic rings. The molecule has 0 radical (unpaired) electrons. The zero-order valence-electron chi connectivity index (χ0n) is 13.1. The summed E-state index contributed by atoms with van der Waals surface area (Å²) in [6.07, 6.45) is 0. The van der Waals surface area contributed by atoms with Crippen LogP contribution in [0, 0.1) is 0 Å². The van der Waals surface area contributed by atoms with E-state index in [0.717, 1.165) is 51.6 Å². The van der Waals surface area contributed by atoms with Crippen LogP contribution in [0.4, 0.5) is 5.69 Å². The van der Waals surface area contributed by atoms with Gasteiger partial charge in [-0.1, -0.05) is 26.0 Å². The Kier molecular flexibility index (Phi) is 8.26. The number of nitrogens with two attached hydrogens (primary N) is 1. The van der Waals surface area contributed by atoms with Crippen molar-refractivity contribution >= 4 is 5.69 Å². The van der Waals surface area contributed by atoms with Gasteiger partial charge in [0, 0.05) is 39.0 Å². The largest absolute Gasteiger partial charge is 0.399 e. The summed E-state index contributed by atoms with van der Waals surface area (Å²) < 4.78 is 5.21. The van der Waals surface area contributed by atoms with Gasteiger partial charge >= 0.3 is 0 Å². The summed E-state index contributed by atoms with van der Waals surface area (Å²) in [5, 5.41) is 0. The van der Waals surface area contributed by atoms with Crippen molar-refractivity contribution in [3.05, 3.63) is 29.8 Å². The van der Waals surface area contributed by atoms with E-state index in [0.29, 0.717) is 0 Å². The zero-order chi connectivity index (χ0) is 14.8. The topological polar surface area (TPSA) is 41.7 Å². The van der Waals surface area contributed by atoms with Crippen LogP contribution in [0.15, 0.2) is 24.3 Å². The first-order valence-corrected chi connectivity index (χ1v) is 7.47. The Labute approximate surface area is 123 Å². The molecule has 0 saturated carbocycles. The van der Waals surface area contributed by atoms with E-state index in [2.05, 4.69) is 35.8 Å². The molecule has 0 fully saturated rings. The first kappa shape index (κ1) is 17.0. The minimum Gasteiger partial charge on any atom is -0.399 e. The van der Waals surface area contributed by atoms with Crippen molar-refractivity contribution in [1.29, 1.82) is 0 Å². The van der Waals surface area contributed by atoms with E-state index in [1.807, 2.05) is 12.1 Å². The lowest BCUT2D eigenvalue weighted by Gasteiger charge is -2.26. The molecule has 4 nitrogen and oxygen atoms in total. The highest BCUT2D eigenvalue weighted by Gasteiger charge is 2.08. The minimum atomic E-state index is 0.764. The van der Waals surface area contributed by atoms with Crippen LogP contribution >= 0.6 is 0 Å². The highest BCUT2D eigenvalue weighted by Crippen LogP contribution is 2.09. The number of likely N-dealkylation sites (N-methyl/N-ethyl adjacent to an activating group) is 1. The Morgan fingerprint density at radius 3 is 2.35 bits per heavy atom. The van der Waals surface area contributed by atoms with Crippen molar-refractivity contribution in [2.75, 3.05) is 52.2 Å². The van der Waals surface area contributed by atoms with Crippen molar-refractivity contribution in [2.45, 2.75) is 20.4 Å². The number of nitrogens with zero attached hydrogens (tertiary/aromatic N) is 2. The van der Waals surface area contributed by atoms with Gasteiger partial charge in [-0.2, -0.15) is 0 Å². The van der Waals surface area contributed by atoms with Gasteiger partial charge in [0.05, 0.1) is 6.61 Å². The van der Waals surface area contributed by atoms with E-state index >= 15 is 0 Å². The second-order valence-corrected chi connectivity index (χ2v) is 5.04. The van der Waals surface area contributed by atoms with Gasteiger partial charge in [-0.3, -0.25) is 4.90 Å². The maximum absolute atomic E-state index is 5.85. The van der Waals surface area contributed by atoms with Crippen LogP contribution in [0.1, 0.15) is 19.4 Å². The summed E-state index contributed by atoms with van der Waals surface area (Å²) in [5.74, 6) is 0. The van der Waals surface area contributed by atoms with Gasteiger partial charge < -0.3 is 15.4 Å². The van der Waals surface area contributed by atoms with Gasteiger partial charge in [0.15, 0.2) is 0 Å². The monoisotopic (exact) mass is 279 g/mol. The Morgan fingerprint density at radius 1 is 1.05 bits per heavy atom. The average Bonchev–Trinajstić information content (AvgIpc) is 2.45. The molecule has 20 heavy (non-hydrogen) atoms. The molecule has 1 aromatic carbocycles. The third-order valence-corrected chi connectivity index (χ3v) is 3.60. The van der Waals surface area contributed by atoms with Gasteiger partial charge in [0.1, 0.15) is 0 Å². The molecule has 0 aromatic heterocycles. The van der Waals surface area contributed by atoms with Crippen molar-refractivity contribution < 1.29 is 4.74 Å². The molecule has 0 saturated heterocycles. The van der Waals surface area contributed by atoms with Crippen LogP contribution in [0.2, 0.25) is 0 Å². The van der Waals surface area contributed by atoms with E-state index < -0.39 is 0 Å². The molecule has 0 aliphatic carbocycles. The molecular weight excluding hydrogens is 250 g/mol. The lowest BCUT2D eigenvalue weighted by Crippen LogP contribution is -2.36. The molecule has 0 aliphatic rings. The third kappa shape index (κ3) is 6.37. The molecular formula is C16H29N3O. The fraction of sp³-hybridized carbons (Fsp3) is 0.625. The number of hydrogen-bond donors (Lipinski definition) is 1. The predicted octanol–water partition coefficient (Wildman–Crippen LogP) is 2.06. The molecule has 0 heterocycles. The van der Waals surface area contributed by atoms with E-state index in [9.17, 15) is 0 Å². The van der Waals surface area contributed by atoms with Crippen molar-refractivity contribution in [2.24, 2.45) is 0 Å². The van der Waals surface area contributed by atoms with Gasteiger partial charge in [-0.15, -0.1) is 0 Å². The number of rotatable bonds is 10. The van der Waals surface area contributed by atoms with Crippen LogP contribution in [0.3, 0.4) is 0 Å². The van der Waals surface area contributed by atoms with Crippen LogP contribution < -0.4 is 5.73 Å². The van der Waals surface area contributed by atoms with Gasteiger partial charge in [-0.05, 0) is 30.8 Å². The molecule has 0 spiro atoms. The fourth-order valence-corrected chi connectivity index (χ4v) is 2.26. The summed E-state index contributed by atoms with van der Waals surface area (Å²) in [6.45, 7) is 11.4. The summed E-state index contributed by atoms with van der Waals surface area (Å²) in [4.78, 5) is 4.87. The number of hydrogen-bond acceptors (Lipinski definition) is 4. The van der Waals surface area contributed by atoms with Gasteiger partial charge in [0.2, 0.25) is 0 Å². The van der Waals surface area contributed by atoms with E-state index in [1.165, 1.54) is 5.56 Å². The van der Waals surface area contributed by atoms with E-state index in [-0.39, 0.29) is 0 Å². The van der Waals surface area contributed by atoms with Crippen LogP contribution in [0.5, 0.6) is 0 Å². The maximum Gasteiger partial charge on any atom is 0.0589 e. The summed E-state index contributed by atoms with van der Waals surface area (Å²) >= 11 is 0. The first-order chi connectivity index (χ1) is 9.69. The minimum absolute atomic E-state index is 0.764. The second-order valence-electron chi connectivity index (χ2n) is 5.04. The molecule has 0 amide bonds. The molecule has 0 aliphatic heterocycles. The smallest absolute Gasteiger partial charge is 0.0589 e. The van der Waals surface area contributed by atoms with Gasteiger partial charge in [-0.25, -0.2) is 0 Å². The average molecular weight is 279 g/mol. The fourth-order valence-electron chi connectivity index (χ4n) is 2.26. The van der Waals surface area contributed by atoms with Crippen molar-refractivity contribution in [1.82, 2.24) is 9.80 Å². The molecule has 1 rings (SSSR count). The summed E-state index contributed by atoms with van der Waals surface area (Å²) in [5.41, 5.74) is 7.94. The number of nitrogen functional groups attached to an aromatic ring is 1. The summed E-state index contributed by atoms with van der Waals surface area (Å²) in [7, 11) is 1.75. The Morgan fingerprint density at radius 2 is 1.75 bits per heavy atom. The predicted molar refractivity (Wildman–Crippen MR) is 85.8 cm³/mol. The second kappa shape index (κ2) is 9.75.